The van der Waals surface area contributed by atoms with Gasteiger partial charge in [-0.05, 0) is 58.0 Å². The van der Waals surface area contributed by atoms with Gasteiger partial charge >= 0.3 is 5.97 Å². The van der Waals surface area contributed by atoms with E-state index in [9.17, 15) is 19.8 Å². The molecule has 0 bridgehead atoms. The van der Waals surface area contributed by atoms with E-state index >= 15 is 0 Å². The lowest BCUT2D eigenvalue weighted by atomic mass is 9.88. The predicted molar refractivity (Wildman–Crippen MR) is 154 cm³/mol. The van der Waals surface area contributed by atoms with Crippen LogP contribution in [0.25, 0.3) is 0 Å². The average Bonchev–Trinajstić information content (AvgIpc) is 3.35. The number of likely N-dealkylation sites (N-methyl/N-ethyl adjacent to an activating group) is 1. The maximum Gasteiger partial charge on any atom is 0.375 e. The van der Waals surface area contributed by atoms with Crippen LogP contribution in [0, 0.1) is 20.8 Å². The minimum atomic E-state index is -0.878. The van der Waals surface area contributed by atoms with Gasteiger partial charge in [-0.25, -0.2) is 4.79 Å². The fourth-order valence-corrected chi connectivity index (χ4v) is 7.69. The van der Waals surface area contributed by atoms with Gasteiger partial charge < -0.3 is 34.1 Å². The number of methoxy groups -OCH3 is 1. The molecule has 3 heterocycles. The Morgan fingerprint density at radius 3 is 2.41 bits per heavy atom. The summed E-state index contributed by atoms with van der Waals surface area (Å²) in [6, 6.07) is 0.908. The molecule has 3 aliphatic heterocycles. The molecule has 0 amide bonds. The van der Waals surface area contributed by atoms with E-state index in [1.54, 1.807) is 14.0 Å². The molecule has 2 aromatic rings. The first-order chi connectivity index (χ1) is 19.5. The van der Waals surface area contributed by atoms with E-state index in [2.05, 4.69) is 15.9 Å². The lowest BCUT2D eigenvalue weighted by Crippen LogP contribution is -2.52. The van der Waals surface area contributed by atoms with Crippen LogP contribution in [-0.4, -0.2) is 90.0 Å². The number of rotatable bonds is 3. The van der Waals surface area contributed by atoms with Gasteiger partial charge in [-0.3, -0.25) is 9.69 Å². The standard InChI is InChI=1S/C30H38N2O8S/c1-14-10-18-8-9-32-19(21-15(2)25(34)16(3)28-29(21)40-13-39-28)11-38-30(36)20(33)12-41-17(4)23(32)24(31(5)6)22(18)26(35)27(14)37-7/h10,17,19,23-24,34-35H,8-9,11-13H2,1-7H3/t17?,19-,23?,24?/m0/s1. The summed E-state index contributed by atoms with van der Waals surface area (Å²) in [6.07, 6.45) is 0.603. The number of carbonyl (C=O) groups is 2. The second kappa shape index (κ2) is 11.3. The van der Waals surface area contributed by atoms with Gasteiger partial charge in [0.1, 0.15) is 12.4 Å². The molecule has 222 valence electrons. The third-order valence-corrected chi connectivity index (χ3v) is 9.80. The molecule has 2 aromatic carbocycles. The number of hydrogen-bond donors (Lipinski definition) is 2. The summed E-state index contributed by atoms with van der Waals surface area (Å²) < 4.78 is 23.0. The highest BCUT2D eigenvalue weighted by Crippen LogP contribution is 2.52. The highest BCUT2D eigenvalue weighted by atomic mass is 32.2. The fourth-order valence-electron chi connectivity index (χ4n) is 6.65. The number of aromatic hydroxyl groups is 2. The largest absolute Gasteiger partial charge is 0.507 e. The number of phenols is 2. The van der Waals surface area contributed by atoms with Crippen LogP contribution in [-0.2, 0) is 20.7 Å². The summed E-state index contributed by atoms with van der Waals surface area (Å²) >= 11 is 1.39. The number of thioether (sulfide) groups is 1. The number of esters is 1. The van der Waals surface area contributed by atoms with Crippen molar-refractivity contribution in [2.45, 2.75) is 57.5 Å². The van der Waals surface area contributed by atoms with Crippen LogP contribution in [0.15, 0.2) is 6.07 Å². The monoisotopic (exact) mass is 586 g/mol. The molecule has 3 unspecified atom stereocenters. The number of benzene rings is 2. The number of cyclic esters (lactones) is 1. The number of phenolic OH excluding ortho intramolecular Hbond substituents is 2. The summed E-state index contributed by atoms with van der Waals surface area (Å²) in [5.41, 5.74) is 4.45. The highest BCUT2D eigenvalue weighted by Gasteiger charge is 2.46. The number of carbonyl (C=O) groups excluding carboxylic acids is 2. The lowest BCUT2D eigenvalue weighted by Gasteiger charge is -2.46. The fraction of sp³-hybridized carbons (Fsp3) is 0.533. The molecule has 1 fully saturated rings. The maximum absolute atomic E-state index is 12.7. The number of Topliss-reactive ketones (excluding diaryl/α,β-unsaturated/α-hetero) is 1. The van der Waals surface area contributed by atoms with Crippen LogP contribution in [0.2, 0.25) is 0 Å². The Hall–Kier alpha value is -3.15. The quantitative estimate of drug-likeness (QED) is 0.406. The minimum Gasteiger partial charge on any atom is -0.507 e. The van der Waals surface area contributed by atoms with E-state index < -0.39 is 17.8 Å². The molecule has 41 heavy (non-hydrogen) atoms. The van der Waals surface area contributed by atoms with Crippen LogP contribution in [0.5, 0.6) is 28.7 Å². The Kier molecular flexibility index (Phi) is 8.06. The molecule has 0 aliphatic carbocycles. The number of ether oxygens (including phenoxy) is 4. The first-order valence-electron chi connectivity index (χ1n) is 13.7. The Morgan fingerprint density at radius 2 is 1.73 bits per heavy atom. The van der Waals surface area contributed by atoms with E-state index in [0.717, 1.165) is 16.7 Å². The van der Waals surface area contributed by atoms with Crippen molar-refractivity contribution in [3.63, 3.8) is 0 Å². The van der Waals surface area contributed by atoms with Crippen molar-refractivity contribution < 1.29 is 38.7 Å². The molecule has 4 atom stereocenters. The van der Waals surface area contributed by atoms with Gasteiger partial charge in [0, 0.05) is 34.5 Å². The van der Waals surface area contributed by atoms with Crippen LogP contribution >= 0.6 is 11.8 Å². The van der Waals surface area contributed by atoms with Crippen molar-refractivity contribution in [1.82, 2.24) is 9.80 Å². The van der Waals surface area contributed by atoms with E-state index in [4.69, 9.17) is 18.9 Å². The predicted octanol–water partition coefficient (Wildman–Crippen LogP) is 3.58. The third-order valence-electron chi connectivity index (χ3n) is 8.57. The van der Waals surface area contributed by atoms with Crippen molar-refractivity contribution in [3.8, 4) is 28.7 Å². The highest BCUT2D eigenvalue weighted by molar-refractivity contribution is 8.00. The number of hydrogen-bond acceptors (Lipinski definition) is 11. The SMILES string of the molecule is COc1c(C)cc2c(c1O)C(N(C)C)C1C(C)SCC(=O)C(=O)OC[C@@H](c3c(C)c(O)c(C)c4c3OCO4)N1CC2. The molecule has 5 rings (SSSR count). The number of fused-ring (bicyclic) bond motifs is 3. The summed E-state index contributed by atoms with van der Waals surface area (Å²) in [7, 11) is 5.49. The van der Waals surface area contributed by atoms with Gasteiger partial charge in [0.25, 0.3) is 0 Å². The Balaban J connectivity index is 1.77. The van der Waals surface area contributed by atoms with Crippen LogP contribution in [0.3, 0.4) is 0 Å². The summed E-state index contributed by atoms with van der Waals surface area (Å²) in [5, 5.41) is 22.6. The minimum absolute atomic E-state index is 0.00541. The molecule has 1 saturated heterocycles. The molecule has 11 heteroatoms. The molecular formula is C30H38N2O8S. The van der Waals surface area contributed by atoms with Gasteiger partial charge in [-0.15, -0.1) is 11.8 Å². The summed E-state index contributed by atoms with van der Waals surface area (Å²) in [6.45, 7) is 7.99. The van der Waals surface area contributed by atoms with Crippen molar-refractivity contribution >= 4 is 23.5 Å². The zero-order chi connectivity index (χ0) is 29.7. The molecule has 0 aromatic heterocycles. The van der Waals surface area contributed by atoms with Crippen LogP contribution < -0.4 is 14.2 Å². The second-order valence-electron chi connectivity index (χ2n) is 11.2. The van der Waals surface area contributed by atoms with Crippen molar-refractivity contribution in [2.75, 3.05) is 46.9 Å². The zero-order valence-electron chi connectivity index (χ0n) is 24.6. The smallest absolute Gasteiger partial charge is 0.375 e. The van der Waals surface area contributed by atoms with E-state index in [1.165, 1.54) is 11.8 Å². The topological polar surface area (TPSA) is 118 Å². The van der Waals surface area contributed by atoms with E-state index in [-0.39, 0.29) is 48.0 Å². The normalized spacial score (nSPS) is 24.9. The van der Waals surface area contributed by atoms with Gasteiger partial charge in [0.15, 0.2) is 23.0 Å². The number of aryl methyl sites for hydroxylation is 1. The number of ketones is 1. The van der Waals surface area contributed by atoms with Crippen LogP contribution in [0.4, 0.5) is 0 Å². The molecular weight excluding hydrogens is 548 g/mol. The number of nitrogens with zero attached hydrogens (tertiary/aromatic N) is 2. The lowest BCUT2D eigenvalue weighted by molar-refractivity contribution is -0.154. The van der Waals surface area contributed by atoms with Crippen molar-refractivity contribution in [2.24, 2.45) is 0 Å². The van der Waals surface area contributed by atoms with E-state index in [1.807, 2.05) is 34.9 Å². The second-order valence-corrected chi connectivity index (χ2v) is 12.5. The average molecular weight is 587 g/mol. The Labute approximate surface area is 244 Å². The van der Waals surface area contributed by atoms with Gasteiger partial charge in [0.2, 0.25) is 12.6 Å². The first kappa shape index (κ1) is 29.3. The first-order valence-corrected chi connectivity index (χ1v) is 14.8. The van der Waals surface area contributed by atoms with E-state index in [0.29, 0.717) is 46.9 Å². The maximum atomic E-state index is 12.7. The zero-order valence-corrected chi connectivity index (χ0v) is 25.4. The Morgan fingerprint density at radius 1 is 1.02 bits per heavy atom. The molecule has 0 spiro atoms. The molecule has 3 aliphatic rings. The van der Waals surface area contributed by atoms with Gasteiger partial charge in [-0.1, -0.05) is 13.0 Å². The molecule has 10 nitrogen and oxygen atoms in total. The van der Waals surface area contributed by atoms with Gasteiger partial charge in [-0.2, -0.15) is 0 Å². The summed E-state index contributed by atoms with van der Waals surface area (Å²) in [5.74, 6) is 0.108. The third kappa shape index (κ3) is 4.87. The molecule has 2 N–H and O–H groups in total. The van der Waals surface area contributed by atoms with Crippen LogP contribution in [0.1, 0.15) is 52.4 Å². The van der Waals surface area contributed by atoms with Crippen molar-refractivity contribution in [1.29, 1.82) is 0 Å². The molecule has 0 saturated carbocycles. The van der Waals surface area contributed by atoms with Gasteiger partial charge in [0.05, 0.1) is 24.9 Å². The Bertz CT molecular complexity index is 1390. The van der Waals surface area contributed by atoms with Crippen molar-refractivity contribution in [3.05, 3.63) is 39.4 Å². The molecule has 0 radical (unpaired) electrons. The summed E-state index contributed by atoms with van der Waals surface area (Å²) in [4.78, 5) is 29.8.